The van der Waals surface area contributed by atoms with Crippen LogP contribution in [-0.4, -0.2) is 33.4 Å². The first kappa shape index (κ1) is 25.0. The van der Waals surface area contributed by atoms with Gasteiger partial charge in [0.25, 0.3) is 11.8 Å². The van der Waals surface area contributed by atoms with E-state index in [0.717, 1.165) is 5.56 Å². The zero-order valence-electron chi connectivity index (χ0n) is 19.2. The van der Waals surface area contributed by atoms with Crippen LogP contribution >= 0.6 is 0 Å². The van der Waals surface area contributed by atoms with Gasteiger partial charge in [-0.3, -0.25) is 14.4 Å². The number of ketones is 1. The van der Waals surface area contributed by atoms with E-state index >= 15 is 0 Å². The molecule has 35 heavy (non-hydrogen) atoms. The van der Waals surface area contributed by atoms with Crippen LogP contribution in [0.15, 0.2) is 86.0 Å². The van der Waals surface area contributed by atoms with Crippen LogP contribution in [0, 0.1) is 12.7 Å². The third kappa shape index (κ3) is 6.26. The van der Waals surface area contributed by atoms with Crippen LogP contribution in [0.5, 0.6) is 0 Å². The van der Waals surface area contributed by atoms with E-state index in [1.165, 1.54) is 22.9 Å². The van der Waals surface area contributed by atoms with Crippen molar-refractivity contribution in [2.24, 2.45) is 5.73 Å². The van der Waals surface area contributed by atoms with Crippen LogP contribution in [0.1, 0.15) is 27.3 Å². The highest BCUT2D eigenvalue weighted by Crippen LogP contribution is 2.21. The van der Waals surface area contributed by atoms with Crippen molar-refractivity contribution in [2.75, 3.05) is 0 Å². The highest BCUT2D eigenvalue weighted by atomic mass is 19.1. The second-order valence-corrected chi connectivity index (χ2v) is 7.83. The predicted molar refractivity (Wildman–Crippen MR) is 132 cm³/mol. The van der Waals surface area contributed by atoms with E-state index in [4.69, 9.17) is 5.73 Å². The van der Waals surface area contributed by atoms with Crippen LogP contribution < -0.4 is 11.1 Å². The molecule has 0 fully saturated rings. The Bertz CT molecular complexity index is 1310. The van der Waals surface area contributed by atoms with Gasteiger partial charge in [0.15, 0.2) is 0 Å². The summed E-state index contributed by atoms with van der Waals surface area (Å²) < 4.78 is 14.6. The third-order valence-electron chi connectivity index (χ3n) is 5.20. The minimum absolute atomic E-state index is 0.0908. The van der Waals surface area contributed by atoms with Gasteiger partial charge in [0.05, 0.1) is 11.4 Å². The van der Waals surface area contributed by atoms with Gasteiger partial charge < -0.3 is 11.1 Å². The number of allylic oxidation sites excluding steroid dienone is 4. The van der Waals surface area contributed by atoms with Gasteiger partial charge in [-0.25, -0.2) is 9.07 Å². The molecule has 2 aromatic carbocycles. The summed E-state index contributed by atoms with van der Waals surface area (Å²) in [5, 5.41) is 6.94. The molecular formula is C27H25FN4O3. The molecule has 0 bridgehead atoms. The number of halogens is 1. The second kappa shape index (κ2) is 11.0. The summed E-state index contributed by atoms with van der Waals surface area (Å²) in [4.78, 5) is 37.2. The summed E-state index contributed by atoms with van der Waals surface area (Å²) >= 11 is 0. The van der Waals surface area contributed by atoms with E-state index in [9.17, 15) is 18.8 Å². The summed E-state index contributed by atoms with van der Waals surface area (Å²) in [6, 6.07) is 15.2. The minimum atomic E-state index is -1.15. The molecule has 178 valence electrons. The number of nitrogens with zero attached hydrogens (tertiary/aromatic N) is 2. The maximum atomic E-state index is 13.3. The number of nitrogens with one attached hydrogen (secondary N) is 1. The number of amides is 2. The lowest BCUT2D eigenvalue weighted by Crippen LogP contribution is -2.47. The molecule has 3 N–H and O–H groups in total. The van der Waals surface area contributed by atoms with E-state index in [2.05, 4.69) is 23.6 Å². The number of carbonyl (C=O) groups excluding carboxylic acids is 3. The zero-order chi connectivity index (χ0) is 25.5. The lowest BCUT2D eigenvalue weighted by atomic mass is 10.0. The van der Waals surface area contributed by atoms with Crippen molar-refractivity contribution in [1.29, 1.82) is 0 Å². The molecule has 0 aliphatic rings. The molecule has 1 atom stereocenters. The van der Waals surface area contributed by atoms with Gasteiger partial charge in [0.2, 0.25) is 5.78 Å². The highest BCUT2D eigenvalue weighted by Gasteiger charge is 2.27. The number of Topliss-reactive ketones (excluding diaryl/α,β-unsaturated/α-hetero) is 1. The standard InChI is InChI=1S/C27H25FN4O3/c1-4-20(21-10-12-22(28)13-11-21)15-18(3)32-24(14-17(2)31-32)27(35)30-23(25(33)26(29)34)16-19-8-6-5-7-9-19/h4-15,23H,1,3,16H2,2H3,(H2,29,34)(H,30,35)/b20-15+. The van der Waals surface area contributed by atoms with Crippen LogP contribution in [0.3, 0.4) is 0 Å². The van der Waals surface area contributed by atoms with E-state index in [0.29, 0.717) is 22.5 Å². The molecule has 0 radical (unpaired) electrons. The van der Waals surface area contributed by atoms with Crippen LogP contribution in [0.4, 0.5) is 4.39 Å². The summed E-state index contributed by atoms with van der Waals surface area (Å²) in [5.74, 6) is -3.04. The van der Waals surface area contributed by atoms with Crippen molar-refractivity contribution >= 4 is 28.9 Å². The largest absolute Gasteiger partial charge is 0.363 e. The van der Waals surface area contributed by atoms with Gasteiger partial charge in [-0.05, 0) is 47.9 Å². The average molecular weight is 473 g/mol. The van der Waals surface area contributed by atoms with E-state index < -0.39 is 23.6 Å². The Kier molecular flexibility index (Phi) is 7.88. The number of hydrogen-bond donors (Lipinski definition) is 2. The molecule has 0 aliphatic heterocycles. The number of carbonyl (C=O) groups is 3. The van der Waals surface area contributed by atoms with Crippen molar-refractivity contribution < 1.29 is 18.8 Å². The Morgan fingerprint density at radius 2 is 1.80 bits per heavy atom. The van der Waals surface area contributed by atoms with Gasteiger partial charge in [-0.2, -0.15) is 5.10 Å². The highest BCUT2D eigenvalue weighted by molar-refractivity contribution is 6.38. The Morgan fingerprint density at radius 1 is 1.14 bits per heavy atom. The van der Waals surface area contributed by atoms with E-state index in [1.54, 1.807) is 55.5 Å². The molecule has 2 amide bonds. The first-order valence-corrected chi connectivity index (χ1v) is 10.7. The fourth-order valence-corrected chi connectivity index (χ4v) is 3.49. The third-order valence-corrected chi connectivity index (χ3v) is 5.20. The SMILES string of the molecule is C=C/C(=C\C(=C)n1nc(C)cc1C(=O)NC(Cc1ccccc1)C(=O)C(N)=O)c1ccc(F)cc1. The molecule has 0 saturated carbocycles. The number of nitrogens with two attached hydrogens (primary N) is 1. The lowest BCUT2D eigenvalue weighted by Gasteiger charge is -2.17. The molecule has 0 saturated heterocycles. The Balaban J connectivity index is 1.89. The van der Waals surface area contributed by atoms with Crippen molar-refractivity contribution in [2.45, 2.75) is 19.4 Å². The van der Waals surface area contributed by atoms with Crippen molar-refractivity contribution in [1.82, 2.24) is 15.1 Å². The predicted octanol–water partition coefficient (Wildman–Crippen LogP) is 3.47. The van der Waals surface area contributed by atoms with Crippen molar-refractivity contribution in [3.05, 3.63) is 114 Å². The first-order chi connectivity index (χ1) is 16.7. The normalized spacial score (nSPS) is 12.0. The fraction of sp³-hybridized carbons (Fsp3) is 0.111. The minimum Gasteiger partial charge on any atom is -0.363 e. The molecular weight excluding hydrogens is 447 g/mol. The Labute approximate surface area is 202 Å². The number of primary amides is 1. The van der Waals surface area contributed by atoms with Crippen molar-refractivity contribution in [3.63, 3.8) is 0 Å². The van der Waals surface area contributed by atoms with Gasteiger partial charge in [-0.15, -0.1) is 0 Å². The zero-order valence-corrected chi connectivity index (χ0v) is 19.2. The molecule has 1 aromatic heterocycles. The molecule has 0 aliphatic carbocycles. The van der Waals surface area contributed by atoms with Gasteiger partial charge in [0, 0.05) is 6.42 Å². The smallest absolute Gasteiger partial charge is 0.287 e. The Morgan fingerprint density at radius 3 is 2.40 bits per heavy atom. The van der Waals surface area contributed by atoms with Crippen molar-refractivity contribution in [3.8, 4) is 0 Å². The molecule has 7 nitrogen and oxygen atoms in total. The molecule has 3 aromatic rings. The summed E-state index contributed by atoms with van der Waals surface area (Å²) in [6.07, 6.45) is 3.32. The number of benzene rings is 2. The topological polar surface area (TPSA) is 107 Å². The molecule has 1 unspecified atom stereocenters. The van der Waals surface area contributed by atoms with Crippen LogP contribution in [0.2, 0.25) is 0 Å². The molecule has 8 heteroatoms. The molecule has 3 rings (SSSR count). The molecule has 1 heterocycles. The van der Waals surface area contributed by atoms with Gasteiger partial charge in [-0.1, -0.05) is 61.7 Å². The number of aryl methyl sites for hydroxylation is 1. The molecule has 0 spiro atoms. The quantitative estimate of drug-likeness (QED) is 0.348. The van der Waals surface area contributed by atoms with Gasteiger partial charge in [0.1, 0.15) is 17.6 Å². The van der Waals surface area contributed by atoms with Crippen LogP contribution in [0.25, 0.3) is 11.3 Å². The number of aromatic nitrogens is 2. The summed E-state index contributed by atoms with van der Waals surface area (Å²) in [6.45, 7) is 9.50. The number of rotatable bonds is 10. The monoisotopic (exact) mass is 472 g/mol. The van der Waals surface area contributed by atoms with E-state index in [1.807, 2.05) is 6.07 Å². The lowest BCUT2D eigenvalue weighted by molar-refractivity contribution is -0.137. The maximum Gasteiger partial charge on any atom is 0.287 e. The fourth-order valence-electron chi connectivity index (χ4n) is 3.49. The number of hydrogen-bond acceptors (Lipinski definition) is 4. The average Bonchev–Trinajstić information content (AvgIpc) is 3.24. The van der Waals surface area contributed by atoms with E-state index in [-0.39, 0.29) is 17.9 Å². The Hall–Kier alpha value is -4.59. The summed E-state index contributed by atoms with van der Waals surface area (Å²) in [5.41, 5.74) is 8.28. The first-order valence-electron chi connectivity index (χ1n) is 10.7. The second-order valence-electron chi connectivity index (χ2n) is 7.83. The summed E-state index contributed by atoms with van der Waals surface area (Å²) in [7, 11) is 0. The van der Waals surface area contributed by atoms with Crippen LogP contribution in [-0.2, 0) is 16.0 Å². The maximum absolute atomic E-state index is 13.3. The van der Waals surface area contributed by atoms with Gasteiger partial charge >= 0.3 is 0 Å².